The summed E-state index contributed by atoms with van der Waals surface area (Å²) in [7, 11) is -8.76. The Kier molecular flexibility index (Phi) is 23.6. The van der Waals surface area contributed by atoms with Crippen LogP contribution in [0, 0.1) is 35.5 Å². The first kappa shape index (κ1) is 62.9. The van der Waals surface area contributed by atoms with Crippen molar-refractivity contribution in [3.8, 4) is 0 Å². The van der Waals surface area contributed by atoms with E-state index in [2.05, 4.69) is 208 Å². The Bertz CT molecular complexity index is 1620. The van der Waals surface area contributed by atoms with E-state index in [9.17, 15) is 4.79 Å². The molecule has 0 aromatic carbocycles. The van der Waals surface area contributed by atoms with Crippen molar-refractivity contribution in [1.29, 1.82) is 0 Å². The minimum absolute atomic E-state index is 0.0296. The van der Waals surface area contributed by atoms with E-state index >= 15 is 0 Å². The molecule has 6 nitrogen and oxygen atoms in total. The van der Waals surface area contributed by atoms with Crippen LogP contribution < -0.4 is 0 Å². The van der Waals surface area contributed by atoms with Crippen molar-refractivity contribution in [3.05, 3.63) is 61.3 Å². The molecule has 384 valence electrons. The van der Waals surface area contributed by atoms with Gasteiger partial charge in [-0.25, -0.2) is 4.79 Å². The first-order chi connectivity index (χ1) is 29.6. The molecule has 11 atom stereocenters. The number of rotatable bonds is 11. The lowest BCUT2D eigenvalue weighted by molar-refractivity contribution is -0.150. The van der Waals surface area contributed by atoms with E-state index in [-0.39, 0.29) is 74.2 Å². The van der Waals surface area contributed by atoms with Crippen LogP contribution in [0.15, 0.2) is 61.3 Å². The zero-order chi connectivity index (χ0) is 51.7. The molecule has 0 radical (unpaired) electrons. The van der Waals surface area contributed by atoms with Crippen LogP contribution in [0.2, 0.25) is 72.5 Å². The molecule has 0 spiro atoms. The van der Waals surface area contributed by atoms with Gasteiger partial charge in [0.05, 0.1) is 24.4 Å². The van der Waals surface area contributed by atoms with Crippen molar-refractivity contribution >= 4 is 39.2 Å². The highest BCUT2D eigenvalue weighted by Crippen LogP contribution is 2.44. The van der Waals surface area contributed by atoms with Crippen LogP contribution >= 0.6 is 0 Å². The van der Waals surface area contributed by atoms with Crippen molar-refractivity contribution < 1.29 is 27.2 Å². The summed E-state index contributed by atoms with van der Waals surface area (Å²) in [5, 5.41) is 0.176. The van der Waals surface area contributed by atoms with Crippen molar-refractivity contribution in [3.63, 3.8) is 0 Å². The molecule has 0 aliphatic carbocycles. The van der Waals surface area contributed by atoms with Crippen LogP contribution in [0.5, 0.6) is 0 Å². The van der Waals surface area contributed by atoms with Gasteiger partial charge in [-0.05, 0) is 115 Å². The molecule has 1 aliphatic rings. The largest absolute Gasteiger partial charge is 0.458 e. The summed E-state index contributed by atoms with van der Waals surface area (Å²) >= 11 is 0. The van der Waals surface area contributed by atoms with Crippen LogP contribution in [0.4, 0.5) is 0 Å². The Morgan fingerprint density at radius 2 is 1.09 bits per heavy atom. The number of hydrogen-bond donors (Lipinski definition) is 0. The van der Waals surface area contributed by atoms with Gasteiger partial charge in [0.25, 0.3) is 0 Å². The first-order valence-electron chi connectivity index (χ1n) is 25.8. The highest BCUT2D eigenvalue weighted by molar-refractivity contribution is 6.75. The van der Waals surface area contributed by atoms with E-state index in [0.717, 1.165) is 25.7 Å². The van der Waals surface area contributed by atoms with Gasteiger partial charge in [-0.1, -0.05) is 180 Å². The molecule has 0 unspecified atom stereocenters. The van der Waals surface area contributed by atoms with E-state index in [0.29, 0.717) is 11.8 Å². The molecule has 0 saturated carbocycles. The van der Waals surface area contributed by atoms with Crippen LogP contribution in [0.3, 0.4) is 0 Å². The fourth-order valence-electron chi connectivity index (χ4n) is 7.80. The number of allylic oxidation sites excluding steroid dienone is 4. The standard InChI is InChI=1S/C56H108O6Si4/c1-28-29-32-43(4)52-46(7)48(60-64(22,23)54(11,12)13)38-35-41(2)39-45(6)51(62-66(26,27)56(17,18)19)44(5)36-37-47(59-63(20,21)53(8,9)10)40-49(61-65(24,25)55(14,15)16)42(3)33-30-31-34-50(57)58-52/h28-34,36-37,41-49,51-52H,1,35,38-40H2,2-27H3/b32-29-,33-30+,34-31-,37-36-/t41-,42+,43-,44+,45-,46-,47+,48+,49-,51+,52-/m0/s1. The van der Waals surface area contributed by atoms with Crippen molar-refractivity contribution in [2.24, 2.45) is 35.5 Å². The van der Waals surface area contributed by atoms with Crippen LogP contribution in [-0.2, 0) is 27.2 Å². The van der Waals surface area contributed by atoms with E-state index in [1.807, 2.05) is 18.2 Å². The third kappa shape index (κ3) is 19.2. The second-order valence-electron chi connectivity index (χ2n) is 26.8. The molecular weight excluding hydrogens is 881 g/mol. The van der Waals surface area contributed by atoms with Gasteiger partial charge in [-0.2, -0.15) is 0 Å². The molecule has 66 heavy (non-hydrogen) atoms. The summed E-state index contributed by atoms with van der Waals surface area (Å²) in [6, 6.07) is 0. The summed E-state index contributed by atoms with van der Waals surface area (Å²) < 4.78 is 36.1. The molecule has 1 aliphatic heterocycles. The van der Waals surface area contributed by atoms with Gasteiger partial charge in [-0.15, -0.1) is 0 Å². The van der Waals surface area contributed by atoms with E-state index in [1.165, 1.54) is 0 Å². The SMILES string of the molecule is C=C/C=C\[C@H](C)[C@@H]1OC(=O)/C=C\C=C\[C@@H](C)[C@@H](O[Si](C)(C)C(C)(C)C)C[C@H](O[Si](C)(C)C(C)(C)C)/C=C\[C@@H](C)[C@@H](O[Si](C)(C)C(C)(C)C)[C@@H](C)C[C@@H](C)CC[C@@H](O[Si](C)(C)C(C)(C)C)[C@@H]1C. The van der Waals surface area contributed by atoms with Gasteiger partial charge in [0, 0.05) is 24.3 Å². The summed E-state index contributed by atoms with van der Waals surface area (Å²) in [5.74, 6) is 0.522. The quantitative estimate of drug-likeness (QED) is 0.0890. The maximum Gasteiger partial charge on any atom is 0.331 e. The van der Waals surface area contributed by atoms with Gasteiger partial charge in [0.2, 0.25) is 0 Å². The number of carbonyl (C=O) groups excluding carboxylic acids is 1. The molecule has 0 aromatic rings. The Labute approximate surface area is 414 Å². The Morgan fingerprint density at radius 1 is 0.621 bits per heavy atom. The van der Waals surface area contributed by atoms with Gasteiger partial charge < -0.3 is 22.4 Å². The minimum atomic E-state index is -2.21. The summed E-state index contributed by atoms with van der Waals surface area (Å²) in [6.07, 6.45) is 21.2. The monoisotopic (exact) mass is 989 g/mol. The Morgan fingerprint density at radius 3 is 1.58 bits per heavy atom. The topological polar surface area (TPSA) is 63.2 Å². The van der Waals surface area contributed by atoms with Gasteiger partial charge >= 0.3 is 5.97 Å². The minimum Gasteiger partial charge on any atom is -0.458 e. The fourth-order valence-corrected chi connectivity index (χ4v) is 13.4. The lowest BCUT2D eigenvalue weighted by Crippen LogP contribution is -2.48. The Hall–Kier alpha value is -1.12. The molecule has 0 N–H and O–H groups in total. The number of hydrogen-bond acceptors (Lipinski definition) is 6. The predicted octanol–water partition coefficient (Wildman–Crippen LogP) is 17.3. The van der Waals surface area contributed by atoms with Gasteiger partial charge in [0.1, 0.15) is 6.10 Å². The van der Waals surface area contributed by atoms with Crippen LogP contribution in [0.1, 0.15) is 150 Å². The summed E-state index contributed by atoms with van der Waals surface area (Å²) in [6.45, 7) is 64.5. The van der Waals surface area contributed by atoms with Crippen molar-refractivity contribution in [1.82, 2.24) is 0 Å². The molecular formula is C56H108O6Si4. The molecule has 1 rings (SSSR count). The molecule has 0 aromatic heterocycles. The zero-order valence-corrected chi connectivity index (χ0v) is 52.0. The smallest absolute Gasteiger partial charge is 0.331 e. The second-order valence-corrected chi connectivity index (χ2v) is 45.8. The number of esters is 1. The first-order valence-corrected chi connectivity index (χ1v) is 37.5. The summed E-state index contributed by atoms with van der Waals surface area (Å²) in [5.41, 5.74) is 0. The molecule has 1 heterocycles. The number of ether oxygens (including phenoxy) is 1. The van der Waals surface area contributed by atoms with Crippen molar-refractivity contribution in [2.75, 3.05) is 0 Å². The van der Waals surface area contributed by atoms with E-state index in [4.69, 9.17) is 22.4 Å². The van der Waals surface area contributed by atoms with E-state index < -0.39 is 39.4 Å². The van der Waals surface area contributed by atoms with Crippen LogP contribution in [0.25, 0.3) is 0 Å². The third-order valence-corrected chi connectivity index (χ3v) is 34.6. The van der Waals surface area contributed by atoms with Gasteiger partial charge in [-0.3, -0.25) is 0 Å². The predicted molar refractivity (Wildman–Crippen MR) is 298 cm³/mol. The normalized spacial score (nSPS) is 30.7. The molecule has 0 saturated heterocycles. The molecule has 10 heteroatoms. The number of carbonyl (C=O) groups is 1. The molecule has 0 amide bonds. The zero-order valence-electron chi connectivity index (χ0n) is 48.0. The highest BCUT2D eigenvalue weighted by atomic mass is 28.4. The average Bonchev–Trinajstić information content (AvgIpc) is 3.14. The molecule has 0 bridgehead atoms. The average molecular weight is 990 g/mol. The lowest BCUT2D eigenvalue weighted by atomic mass is 9.82. The third-order valence-electron chi connectivity index (χ3n) is 16.7. The lowest BCUT2D eigenvalue weighted by Gasteiger charge is -2.44. The van der Waals surface area contributed by atoms with Gasteiger partial charge in [0.15, 0.2) is 33.3 Å². The molecule has 0 fully saturated rings. The second kappa shape index (κ2) is 24.8. The Balaban J connectivity index is 4.21. The summed E-state index contributed by atoms with van der Waals surface area (Å²) in [4.78, 5) is 13.9. The highest BCUT2D eigenvalue weighted by Gasteiger charge is 2.45. The fraction of sp³-hybridized carbons (Fsp3) is 0.804. The van der Waals surface area contributed by atoms with Crippen molar-refractivity contribution in [2.45, 2.75) is 253 Å². The maximum absolute atomic E-state index is 13.9. The van der Waals surface area contributed by atoms with Crippen LogP contribution in [-0.4, -0.2) is 69.8 Å². The van der Waals surface area contributed by atoms with E-state index in [1.54, 1.807) is 12.2 Å². The number of cyclic esters (lactones) is 1. The maximum atomic E-state index is 13.9.